The summed E-state index contributed by atoms with van der Waals surface area (Å²) < 4.78 is 18.9. The van der Waals surface area contributed by atoms with Crippen LogP contribution < -0.4 is 20.7 Å². The van der Waals surface area contributed by atoms with E-state index in [0.29, 0.717) is 11.4 Å². The number of rotatable bonds is 11. The molecule has 1 aliphatic heterocycles. The first-order chi connectivity index (χ1) is 22.9. The van der Waals surface area contributed by atoms with Gasteiger partial charge in [0.05, 0.1) is 18.8 Å². The third kappa shape index (κ3) is 6.66. The molecule has 0 spiro atoms. The van der Waals surface area contributed by atoms with E-state index in [1.54, 1.807) is 11.9 Å². The molecule has 1 saturated heterocycles. The average Bonchev–Trinajstić information content (AvgIpc) is 3.63. The van der Waals surface area contributed by atoms with E-state index in [2.05, 4.69) is 15.3 Å². The van der Waals surface area contributed by atoms with E-state index in [1.165, 1.54) is 10.9 Å². The SMILES string of the molecule is CN(c1ccc(-c2ccccc2)cc1OCCNC(=O)OCc1ccccc1)c1nc2c(N)ncnc2n1[C@@H]1O[C@H](CO)[C@@H](O)[C@H]1O. The molecule has 0 bridgehead atoms. The zero-order valence-electron chi connectivity index (χ0n) is 25.5. The summed E-state index contributed by atoms with van der Waals surface area (Å²) >= 11 is 0. The van der Waals surface area contributed by atoms with Crippen molar-refractivity contribution in [3.8, 4) is 16.9 Å². The lowest BCUT2D eigenvalue weighted by molar-refractivity contribution is -0.0503. The number of nitrogens with one attached hydrogen (secondary N) is 1. The van der Waals surface area contributed by atoms with Crippen LogP contribution in [0.1, 0.15) is 11.8 Å². The van der Waals surface area contributed by atoms with E-state index in [1.807, 2.05) is 78.9 Å². The van der Waals surface area contributed by atoms with Gasteiger partial charge in [-0.3, -0.25) is 4.57 Å². The molecule has 1 fully saturated rings. The zero-order chi connectivity index (χ0) is 32.9. The van der Waals surface area contributed by atoms with E-state index < -0.39 is 37.2 Å². The van der Waals surface area contributed by atoms with Crippen molar-refractivity contribution < 1.29 is 34.3 Å². The van der Waals surface area contributed by atoms with Crippen LogP contribution in [0.3, 0.4) is 0 Å². The second-order valence-corrected chi connectivity index (χ2v) is 10.9. The van der Waals surface area contributed by atoms with E-state index in [9.17, 15) is 20.1 Å². The van der Waals surface area contributed by atoms with E-state index >= 15 is 0 Å². The summed E-state index contributed by atoms with van der Waals surface area (Å²) in [4.78, 5) is 27.1. The standard InChI is InChI=1S/C33H35N7O7/c1-39(32-38-26-29(34)36-19-37-30(26)40(32)31-28(43)27(42)25(17-41)47-31)23-13-12-22(21-10-6-3-7-11-21)16-24(23)45-15-14-35-33(44)46-18-20-8-4-2-5-9-20/h2-13,16,19,25,27-28,31,41-43H,14-15,17-18H2,1H3,(H,35,44)(H2,34,36,37)/t25-,27-,28-,31-/m1/s1. The number of hydrogen-bond acceptors (Lipinski definition) is 12. The smallest absolute Gasteiger partial charge is 0.407 e. The molecule has 3 heterocycles. The number of benzene rings is 3. The number of nitrogen functional groups attached to an aromatic ring is 1. The molecular formula is C33H35N7O7. The van der Waals surface area contributed by atoms with Crippen molar-refractivity contribution in [1.29, 1.82) is 0 Å². The lowest BCUT2D eigenvalue weighted by atomic mass is 10.0. The highest BCUT2D eigenvalue weighted by atomic mass is 16.6. The Balaban J connectivity index is 1.29. The third-order valence-electron chi connectivity index (χ3n) is 7.83. The molecule has 0 saturated carbocycles. The van der Waals surface area contributed by atoms with Crippen LogP contribution in [0.25, 0.3) is 22.3 Å². The van der Waals surface area contributed by atoms with Gasteiger partial charge in [-0.05, 0) is 28.8 Å². The minimum atomic E-state index is -1.41. The Bertz CT molecular complexity index is 1820. The van der Waals surface area contributed by atoms with Gasteiger partial charge in [0.2, 0.25) is 5.95 Å². The number of imidazole rings is 1. The van der Waals surface area contributed by atoms with Crippen LogP contribution in [0.2, 0.25) is 0 Å². The Hall–Kier alpha value is -5.28. The van der Waals surface area contributed by atoms with Gasteiger partial charge < -0.3 is 45.5 Å². The Morgan fingerprint density at radius 3 is 2.49 bits per heavy atom. The van der Waals surface area contributed by atoms with Crippen molar-refractivity contribution in [2.45, 2.75) is 31.1 Å². The van der Waals surface area contributed by atoms with E-state index in [0.717, 1.165) is 16.7 Å². The molecule has 3 aromatic carbocycles. The number of amides is 1. The first-order valence-corrected chi connectivity index (χ1v) is 15.0. The minimum absolute atomic E-state index is 0.108. The lowest BCUT2D eigenvalue weighted by Crippen LogP contribution is -2.33. The summed E-state index contributed by atoms with van der Waals surface area (Å²) in [5, 5.41) is 33.9. The Labute approximate surface area is 270 Å². The molecule has 1 aliphatic rings. The van der Waals surface area contributed by atoms with E-state index in [4.69, 9.17) is 24.9 Å². The quantitative estimate of drug-likeness (QED) is 0.133. The number of hydrogen-bond donors (Lipinski definition) is 5. The monoisotopic (exact) mass is 641 g/mol. The molecule has 5 aromatic rings. The number of carbonyl (C=O) groups excluding carboxylic acids is 1. The highest BCUT2D eigenvalue weighted by molar-refractivity contribution is 5.85. The zero-order valence-corrected chi connectivity index (χ0v) is 25.5. The number of aliphatic hydroxyl groups is 3. The maximum Gasteiger partial charge on any atom is 0.407 e. The van der Waals surface area contributed by atoms with Crippen LogP contribution in [0.4, 0.5) is 22.2 Å². The molecule has 4 atom stereocenters. The number of alkyl carbamates (subject to hydrolysis) is 1. The molecule has 1 amide bonds. The predicted octanol–water partition coefficient (Wildman–Crippen LogP) is 2.76. The van der Waals surface area contributed by atoms with Gasteiger partial charge in [0.1, 0.15) is 43.6 Å². The summed E-state index contributed by atoms with van der Waals surface area (Å²) in [6, 6.07) is 24.8. The predicted molar refractivity (Wildman–Crippen MR) is 173 cm³/mol. The molecule has 6 N–H and O–H groups in total. The minimum Gasteiger partial charge on any atom is -0.490 e. The first kappa shape index (κ1) is 31.7. The van der Waals surface area contributed by atoms with Gasteiger partial charge in [-0.1, -0.05) is 66.7 Å². The number of aliphatic hydroxyl groups excluding tert-OH is 3. The van der Waals surface area contributed by atoms with Crippen molar-refractivity contribution in [1.82, 2.24) is 24.8 Å². The van der Waals surface area contributed by atoms with Crippen LogP contribution in [0.5, 0.6) is 5.75 Å². The molecule has 14 nitrogen and oxygen atoms in total. The maximum atomic E-state index is 12.3. The molecule has 0 radical (unpaired) electrons. The molecule has 47 heavy (non-hydrogen) atoms. The molecular weight excluding hydrogens is 606 g/mol. The summed E-state index contributed by atoms with van der Waals surface area (Å²) in [5.74, 6) is 0.824. The summed E-state index contributed by atoms with van der Waals surface area (Å²) in [7, 11) is 1.74. The van der Waals surface area contributed by atoms with Gasteiger partial charge in [0, 0.05) is 7.05 Å². The number of fused-ring (bicyclic) bond motifs is 1. The van der Waals surface area contributed by atoms with Gasteiger partial charge in [0.15, 0.2) is 23.2 Å². The number of anilines is 3. The number of aromatic nitrogens is 4. The fourth-order valence-electron chi connectivity index (χ4n) is 5.39. The Morgan fingerprint density at radius 1 is 1.02 bits per heavy atom. The fourth-order valence-corrected chi connectivity index (χ4v) is 5.39. The summed E-state index contributed by atoms with van der Waals surface area (Å²) in [6.45, 7) is -0.0773. The van der Waals surface area contributed by atoms with Crippen molar-refractivity contribution in [3.05, 3.63) is 90.8 Å². The van der Waals surface area contributed by atoms with Crippen molar-refractivity contribution in [2.75, 3.05) is 37.4 Å². The lowest BCUT2D eigenvalue weighted by Gasteiger charge is -2.26. The van der Waals surface area contributed by atoms with Crippen molar-refractivity contribution in [2.24, 2.45) is 0 Å². The molecule has 244 valence electrons. The largest absolute Gasteiger partial charge is 0.490 e. The van der Waals surface area contributed by atoms with Crippen molar-refractivity contribution >= 4 is 34.7 Å². The van der Waals surface area contributed by atoms with Crippen LogP contribution in [-0.2, 0) is 16.1 Å². The van der Waals surface area contributed by atoms with E-state index in [-0.39, 0.29) is 42.7 Å². The van der Waals surface area contributed by atoms with Gasteiger partial charge in [0.25, 0.3) is 0 Å². The van der Waals surface area contributed by atoms with Crippen molar-refractivity contribution in [3.63, 3.8) is 0 Å². The normalized spacial score (nSPS) is 19.1. The fraction of sp³-hybridized carbons (Fsp3) is 0.273. The number of ether oxygens (including phenoxy) is 3. The topological polar surface area (TPSA) is 190 Å². The highest BCUT2D eigenvalue weighted by Gasteiger charge is 2.45. The molecule has 0 aliphatic carbocycles. The number of nitrogens with zero attached hydrogens (tertiary/aromatic N) is 5. The van der Waals surface area contributed by atoms with Crippen LogP contribution in [-0.4, -0.2) is 86.0 Å². The van der Waals surface area contributed by atoms with Gasteiger partial charge in [-0.2, -0.15) is 0 Å². The Morgan fingerprint density at radius 2 is 1.77 bits per heavy atom. The summed E-state index contributed by atoms with van der Waals surface area (Å²) in [6.07, 6.45) is -4.24. The number of nitrogens with two attached hydrogens (primary N) is 1. The number of carbonyl (C=O) groups is 1. The molecule has 14 heteroatoms. The van der Waals surface area contributed by atoms with Gasteiger partial charge >= 0.3 is 6.09 Å². The Kier molecular flexibility index (Phi) is 9.45. The van der Waals surface area contributed by atoms with Gasteiger partial charge in [-0.15, -0.1) is 0 Å². The summed E-state index contributed by atoms with van der Waals surface area (Å²) in [5.41, 5.74) is 9.98. The second kappa shape index (κ2) is 14.0. The van der Waals surface area contributed by atoms with Crippen LogP contribution in [0.15, 0.2) is 85.2 Å². The molecule has 0 unspecified atom stereocenters. The second-order valence-electron chi connectivity index (χ2n) is 10.9. The third-order valence-corrected chi connectivity index (χ3v) is 7.83. The maximum absolute atomic E-state index is 12.3. The first-order valence-electron chi connectivity index (χ1n) is 15.0. The van der Waals surface area contributed by atoms with Crippen LogP contribution >= 0.6 is 0 Å². The average molecular weight is 642 g/mol. The van der Waals surface area contributed by atoms with Gasteiger partial charge in [-0.25, -0.2) is 19.7 Å². The molecule has 6 rings (SSSR count). The van der Waals surface area contributed by atoms with Crippen LogP contribution in [0, 0.1) is 0 Å². The molecule has 2 aromatic heterocycles. The highest BCUT2D eigenvalue weighted by Crippen LogP contribution is 2.41.